The molecule has 2 atom stereocenters. The monoisotopic (exact) mass is 439 g/mol. The summed E-state index contributed by atoms with van der Waals surface area (Å²) in [5.74, 6) is 0.652. The number of aromatic nitrogens is 6. The van der Waals surface area contributed by atoms with Crippen molar-refractivity contribution in [2.45, 2.75) is 18.6 Å². The maximum atomic E-state index is 14.2. The van der Waals surface area contributed by atoms with Crippen molar-refractivity contribution in [3.05, 3.63) is 61.4 Å². The molecule has 4 heterocycles. The minimum absolute atomic E-state index is 0. The van der Waals surface area contributed by atoms with E-state index >= 15 is 0 Å². The second-order valence-corrected chi connectivity index (χ2v) is 7.56. The molecule has 1 fully saturated rings. The second-order valence-electron chi connectivity index (χ2n) is 7.56. The fraction of sp³-hybridized carbons (Fsp3) is 0.273. The van der Waals surface area contributed by atoms with Gasteiger partial charge in [0.25, 0.3) is 0 Å². The summed E-state index contributed by atoms with van der Waals surface area (Å²) in [6, 6.07) is 7.86. The van der Waals surface area contributed by atoms with E-state index in [1.165, 1.54) is 0 Å². The van der Waals surface area contributed by atoms with Crippen LogP contribution in [0.3, 0.4) is 0 Å². The first-order chi connectivity index (χ1) is 14.7. The van der Waals surface area contributed by atoms with Gasteiger partial charge in [-0.3, -0.25) is 9.36 Å². The van der Waals surface area contributed by atoms with Gasteiger partial charge in [0.05, 0.1) is 18.4 Å². The van der Waals surface area contributed by atoms with Gasteiger partial charge in [0.1, 0.15) is 6.17 Å². The van der Waals surface area contributed by atoms with E-state index in [4.69, 9.17) is 0 Å². The molecular formula is C22H23ClFN7. The Kier molecular flexibility index (Phi) is 6.11. The molecule has 4 aromatic rings. The zero-order chi connectivity index (χ0) is 20.5. The molecule has 31 heavy (non-hydrogen) atoms. The molecule has 1 aliphatic rings. The summed E-state index contributed by atoms with van der Waals surface area (Å²) >= 11 is 0. The van der Waals surface area contributed by atoms with Crippen LogP contribution in [0.1, 0.15) is 12.5 Å². The van der Waals surface area contributed by atoms with Crippen molar-refractivity contribution in [2.75, 3.05) is 13.1 Å². The molecule has 0 aliphatic carbocycles. The van der Waals surface area contributed by atoms with Crippen molar-refractivity contribution in [2.24, 2.45) is 7.05 Å². The SMILES string of the molecule is Cl.Cn1cc(-c2cccc(-c3ncc(-c4cnn([C@@H]5CCNC[C@H]5F)c4)cn3)c2)cn1. The van der Waals surface area contributed by atoms with E-state index in [0.717, 1.165) is 40.8 Å². The van der Waals surface area contributed by atoms with Crippen LogP contribution < -0.4 is 5.32 Å². The van der Waals surface area contributed by atoms with Crippen LogP contribution in [0.25, 0.3) is 33.6 Å². The normalized spacial score (nSPS) is 18.5. The molecule has 1 N–H and O–H groups in total. The fourth-order valence-electron chi connectivity index (χ4n) is 3.81. The third-order valence-electron chi connectivity index (χ3n) is 5.46. The first-order valence-electron chi connectivity index (χ1n) is 9.98. The molecule has 0 amide bonds. The predicted octanol–water partition coefficient (Wildman–Crippen LogP) is 3.70. The molecule has 9 heteroatoms. The molecule has 0 spiro atoms. The van der Waals surface area contributed by atoms with Gasteiger partial charge in [-0.25, -0.2) is 14.4 Å². The summed E-state index contributed by atoms with van der Waals surface area (Å²) < 4.78 is 17.7. The molecule has 1 aromatic carbocycles. The molecule has 3 aromatic heterocycles. The summed E-state index contributed by atoms with van der Waals surface area (Å²) in [7, 11) is 1.90. The zero-order valence-electron chi connectivity index (χ0n) is 17.0. The molecule has 1 saturated heterocycles. The molecule has 0 bridgehead atoms. The van der Waals surface area contributed by atoms with E-state index in [0.29, 0.717) is 12.4 Å². The third kappa shape index (κ3) is 4.35. The summed E-state index contributed by atoms with van der Waals surface area (Å²) in [6.45, 7) is 1.17. The van der Waals surface area contributed by atoms with Crippen molar-refractivity contribution in [1.29, 1.82) is 0 Å². The van der Waals surface area contributed by atoms with E-state index in [1.807, 2.05) is 43.8 Å². The number of nitrogens with zero attached hydrogens (tertiary/aromatic N) is 6. The maximum absolute atomic E-state index is 14.2. The lowest BCUT2D eigenvalue weighted by Gasteiger charge is -2.26. The summed E-state index contributed by atoms with van der Waals surface area (Å²) in [5.41, 5.74) is 4.80. The van der Waals surface area contributed by atoms with Gasteiger partial charge in [-0.2, -0.15) is 10.2 Å². The molecule has 160 valence electrons. The van der Waals surface area contributed by atoms with Crippen LogP contribution >= 0.6 is 12.4 Å². The number of alkyl halides is 1. The zero-order valence-corrected chi connectivity index (χ0v) is 17.8. The molecular weight excluding hydrogens is 417 g/mol. The Hall–Kier alpha value is -3.10. The Morgan fingerprint density at radius 1 is 0.935 bits per heavy atom. The highest BCUT2D eigenvalue weighted by molar-refractivity contribution is 5.85. The lowest BCUT2D eigenvalue weighted by molar-refractivity contribution is 0.173. The van der Waals surface area contributed by atoms with E-state index in [9.17, 15) is 4.39 Å². The Balaban J connectivity index is 0.00000231. The van der Waals surface area contributed by atoms with Crippen molar-refractivity contribution >= 4 is 12.4 Å². The van der Waals surface area contributed by atoms with E-state index in [1.54, 1.807) is 28.0 Å². The molecule has 0 unspecified atom stereocenters. The number of hydrogen-bond acceptors (Lipinski definition) is 5. The number of halogens is 2. The van der Waals surface area contributed by atoms with Crippen LogP contribution in [0.5, 0.6) is 0 Å². The van der Waals surface area contributed by atoms with Crippen molar-refractivity contribution in [3.63, 3.8) is 0 Å². The Labute approximate surface area is 185 Å². The van der Waals surface area contributed by atoms with Crippen LogP contribution in [-0.4, -0.2) is 48.8 Å². The number of nitrogens with one attached hydrogen (secondary N) is 1. The van der Waals surface area contributed by atoms with Gasteiger partial charge in [-0.15, -0.1) is 12.4 Å². The summed E-state index contributed by atoms with van der Waals surface area (Å²) in [4.78, 5) is 9.10. The van der Waals surface area contributed by atoms with Crippen molar-refractivity contribution < 1.29 is 4.39 Å². The molecule has 1 aliphatic heterocycles. The highest BCUT2D eigenvalue weighted by atomic mass is 35.5. The molecule has 5 rings (SSSR count). The number of aryl methyl sites for hydroxylation is 1. The fourth-order valence-corrected chi connectivity index (χ4v) is 3.81. The first kappa shape index (κ1) is 21.1. The molecule has 0 saturated carbocycles. The highest BCUT2D eigenvalue weighted by Gasteiger charge is 2.26. The number of hydrogen-bond donors (Lipinski definition) is 1. The third-order valence-corrected chi connectivity index (χ3v) is 5.46. The summed E-state index contributed by atoms with van der Waals surface area (Å²) in [6.07, 6.45) is 10.8. The molecule has 7 nitrogen and oxygen atoms in total. The van der Waals surface area contributed by atoms with Gasteiger partial charge in [0, 0.05) is 60.6 Å². The van der Waals surface area contributed by atoms with E-state index in [-0.39, 0.29) is 18.4 Å². The Morgan fingerprint density at radius 2 is 1.68 bits per heavy atom. The van der Waals surface area contributed by atoms with Gasteiger partial charge in [0.2, 0.25) is 0 Å². The van der Waals surface area contributed by atoms with Gasteiger partial charge < -0.3 is 5.32 Å². The predicted molar refractivity (Wildman–Crippen MR) is 120 cm³/mol. The van der Waals surface area contributed by atoms with Gasteiger partial charge in [-0.05, 0) is 24.6 Å². The average Bonchev–Trinajstić information content (AvgIpc) is 3.44. The Morgan fingerprint density at radius 3 is 2.42 bits per heavy atom. The minimum atomic E-state index is -0.933. The summed E-state index contributed by atoms with van der Waals surface area (Å²) in [5, 5.41) is 11.7. The largest absolute Gasteiger partial charge is 0.314 e. The highest BCUT2D eigenvalue weighted by Crippen LogP contribution is 2.27. The second kappa shape index (κ2) is 8.95. The van der Waals surface area contributed by atoms with E-state index < -0.39 is 6.17 Å². The number of rotatable bonds is 4. The lowest BCUT2D eigenvalue weighted by Crippen LogP contribution is -2.39. The lowest BCUT2D eigenvalue weighted by atomic mass is 10.1. The smallest absolute Gasteiger partial charge is 0.159 e. The van der Waals surface area contributed by atoms with Crippen LogP contribution in [-0.2, 0) is 7.05 Å². The Bertz CT molecular complexity index is 1150. The quantitative estimate of drug-likeness (QED) is 0.525. The number of piperidine rings is 1. The van der Waals surface area contributed by atoms with Crippen LogP contribution in [0.4, 0.5) is 4.39 Å². The maximum Gasteiger partial charge on any atom is 0.159 e. The van der Waals surface area contributed by atoms with E-state index in [2.05, 4.69) is 31.5 Å². The van der Waals surface area contributed by atoms with Crippen LogP contribution in [0.2, 0.25) is 0 Å². The van der Waals surface area contributed by atoms with Crippen LogP contribution in [0.15, 0.2) is 61.4 Å². The van der Waals surface area contributed by atoms with Gasteiger partial charge in [-0.1, -0.05) is 18.2 Å². The number of benzene rings is 1. The van der Waals surface area contributed by atoms with Gasteiger partial charge in [0.15, 0.2) is 5.82 Å². The van der Waals surface area contributed by atoms with Gasteiger partial charge >= 0.3 is 0 Å². The topological polar surface area (TPSA) is 73.5 Å². The van der Waals surface area contributed by atoms with Crippen molar-refractivity contribution in [3.8, 4) is 33.6 Å². The minimum Gasteiger partial charge on any atom is -0.314 e. The molecule has 0 radical (unpaired) electrons. The average molecular weight is 440 g/mol. The van der Waals surface area contributed by atoms with Crippen molar-refractivity contribution in [1.82, 2.24) is 34.8 Å². The standard InChI is InChI=1S/C22H22FN7.ClH/c1-29-13-18(10-27-29)15-3-2-4-16(7-15)22-25-8-17(9-26-22)19-11-28-30(14-19)21-5-6-24-12-20(21)23;/h2-4,7-11,13-14,20-21,24H,5-6,12H2,1H3;1H/t20-,21-;/m1./s1. The first-order valence-corrected chi connectivity index (χ1v) is 9.98. The van der Waals surface area contributed by atoms with Crippen LogP contribution in [0, 0.1) is 0 Å².